The first-order valence-electron chi connectivity index (χ1n) is 6.01. The highest BCUT2D eigenvalue weighted by Crippen LogP contribution is 2.20. The third-order valence-electron chi connectivity index (χ3n) is 3.14. The van der Waals surface area contributed by atoms with E-state index in [9.17, 15) is 0 Å². The normalized spacial score (nSPS) is 20.6. The summed E-state index contributed by atoms with van der Waals surface area (Å²) in [7, 11) is 0. The van der Waals surface area contributed by atoms with Crippen molar-refractivity contribution in [3.8, 4) is 0 Å². The Labute approximate surface area is 114 Å². The summed E-state index contributed by atoms with van der Waals surface area (Å²) in [5.41, 5.74) is 2.10. The molecule has 0 spiro atoms. The highest BCUT2D eigenvalue weighted by molar-refractivity contribution is 9.09. The van der Waals surface area contributed by atoms with Crippen molar-refractivity contribution < 1.29 is 4.74 Å². The molecule has 1 aliphatic heterocycles. The van der Waals surface area contributed by atoms with E-state index in [4.69, 9.17) is 4.74 Å². The predicted octanol–water partition coefficient (Wildman–Crippen LogP) is 1.64. The molecule has 0 bridgehead atoms. The van der Waals surface area contributed by atoms with E-state index in [1.54, 1.807) is 6.33 Å². The van der Waals surface area contributed by atoms with Gasteiger partial charge in [-0.3, -0.25) is 0 Å². The molecule has 1 saturated heterocycles. The second-order valence-electron chi connectivity index (χ2n) is 4.51. The van der Waals surface area contributed by atoms with Crippen molar-refractivity contribution >= 4 is 27.4 Å². The second kappa shape index (κ2) is 4.85. The largest absolute Gasteiger partial charge is 0.374 e. The van der Waals surface area contributed by atoms with Crippen LogP contribution in [0.2, 0.25) is 0 Å². The van der Waals surface area contributed by atoms with Crippen molar-refractivity contribution in [2.24, 2.45) is 0 Å². The van der Waals surface area contributed by atoms with Crippen molar-refractivity contribution in [2.45, 2.75) is 13.0 Å². The van der Waals surface area contributed by atoms with Crippen molar-refractivity contribution in [2.75, 3.05) is 29.9 Å². The molecule has 0 aromatic carbocycles. The summed E-state index contributed by atoms with van der Waals surface area (Å²) < 4.78 is 7.56. The van der Waals surface area contributed by atoms with Crippen LogP contribution in [-0.4, -0.2) is 45.7 Å². The van der Waals surface area contributed by atoms with E-state index in [-0.39, 0.29) is 6.10 Å². The fraction of sp³-hybridized carbons (Fsp3) is 0.500. The molecule has 1 aliphatic rings. The highest BCUT2D eigenvalue weighted by Gasteiger charge is 2.22. The fourth-order valence-corrected chi connectivity index (χ4v) is 2.67. The Hall–Kier alpha value is -1.14. The van der Waals surface area contributed by atoms with Crippen molar-refractivity contribution in [3.63, 3.8) is 0 Å². The lowest BCUT2D eigenvalue weighted by atomic mass is 10.2. The fourth-order valence-electron chi connectivity index (χ4n) is 2.28. The average Bonchev–Trinajstić information content (AvgIpc) is 2.85. The lowest BCUT2D eigenvalue weighted by Crippen LogP contribution is -2.44. The van der Waals surface area contributed by atoms with Gasteiger partial charge in [0, 0.05) is 18.4 Å². The summed E-state index contributed by atoms with van der Waals surface area (Å²) in [6.07, 6.45) is 1.83. The molecule has 1 unspecified atom stereocenters. The number of rotatable bonds is 2. The van der Waals surface area contributed by atoms with Crippen LogP contribution in [0.1, 0.15) is 5.56 Å². The van der Waals surface area contributed by atoms with Gasteiger partial charge in [-0.1, -0.05) is 15.9 Å². The van der Waals surface area contributed by atoms with Crippen molar-refractivity contribution in [3.05, 3.63) is 24.0 Å². The molecule has 6 heteroatoms. The van der Waals surface area contributed by atoms with Gasteiger partial charge in [0.15, 0.2) is 5.65 Å². The third-order valence-corrected chi connectivity index (χ3v) is 3.86. The molecule has 1 fully saturated rings. The number of aromatic nitrogens is 3. The molecular formula is C12H15BrN4O. The molecule has 96 valence electrons. The highest BCUT2D eigenvalue weighted by atomic mass is 79.9. The van der Waals surface area contributed by atoms with Crippen molar-refractivity contribution in [1.82, 2.24) is 14.6 Å². The Bertz CT molecular complexity index is 556. The van der Waals surface area contributed by atoms with Crippen LogP contribution >= 0.6 is 15.9 Å². The lowest BCUT2D eigenvalue weighted by Gasteiger charge is -2.33. The number of morpholine rings is 1. The van der Waals surface area contributed by atoms with E-state index in [0.717, 1.165) is 36.5 Å². The van der Waals surface area contributed by atoms with E-state index in [1.165, 1.54) is 5.56 Å². The summed E-state index contributed by atoms with van der Waals surface area (Å²) in [6, 6.07) is 4.19. The molecule has 1 atom stereocenters. The number of aryl methyl sites for hydroxylation is 1. The van der Waals surface area contributed by atoms with Gasteiger partial charge < -0.3 is 9.64 Å². The van der Waals surface area contributed by atoms with Crippen LogP contribution in [-0.2, 0) is 4.74 Å². The molecule has 2 aromatic rings. The van der Waals surface area contributed by atoms with Crippen LogP contribution < -0.4 is 4.90 Å². The zero-order valence-electron chi connectivity index (χ0n) is 10.2. The van der Waals surface area contributed by atoms with E-state index in [0.29, 0.717) is 0 Å². The molecule has 0 aliphatic carbocycles. The number of ether oxygens (including phenoxy) is 1. The van der Waals surface area contributed by atoms with Gasteiger partial charge in [0.25, 0.3) is 0 Å². The van der Waals surface area contributed by atoms with Crippen LogP contribution in [0.25, 0.3) is 5.65 Å². The van der Waals surface area contributed by atoms with E-state index in [1.807, 2.05) is 10.6 Å². The smallest absolute Gasteiger partial charge is 0.157 e. The summed E-state index contributed by atoms with van der Waals surface area (Å²) in [6.45, 7) is 4.60. The van der Waals surface area contributed by atoms with Crippen LogP contribution in [0.15, 0.2) is 18.5 Å². The van der Waals surface area contributed by atoms with E-state index < -0.39 is 0 Å². The summed E-state index contributed by atoms with van der Waals surface area (Å²) >= 11 is 3.48. The Balaban J connectivity index is 2.00. The van der Waals surface area contributed by atoms with Crippen molar-refractivity contribution in [1.29, 1.82) is 0 Å². The first-order chi connectivity index (χ1) is 8.78. The number of anilines is 1. The minimum atomic E-state index is 0.234. The summed E-state index contributed by atoms with van der Waals surface area (Å²) in [4.78, 5) is 6.57. The first-order valence-corrected chi connectivity index (χ1v) is 7.13. The van der Waals surface area contributed by atoms with Crippen LogP contribution in [0.3, 0.4) is 0 Å². The Morgan fingerprint density at radius 3 is 3.22 bits per heavy atom. The SMILES string of the molecule is Cc1cc(N2CCOC(CBr)C2)n2ncnc2c1. The number of alkyl halides is 1. The zero-order chi connectivity index (χ0) is 12.5. The quantitative estimate of drug-likeness (QED) is 0.791. The Morgan fingerprint density at radius 1 is 1.50 bits per heavy atom. The molecule has 0 radical (unpaired) electrons. The molecule has 0 saturated carbocycles. The van der Waals surface area contributed by atoms with E-state index >= 15 is 0 Å². The van der Waals surface area contributed by atoms with E-state index in [2.05, 4.69) is 43.9 Å². The van der Waals surface area contributed by atoms with Gasteiger partial charge in [0.05, 0.1) is 12.7 Å². The van der Waals surface area contributed by atoms with Gasteiger partial charge in [-0.25, -0.2) is 4.98 Å². The number of fused-ring (bicyclic) bond motifs is 1. The van der Waals surface area contributed by atoms with Crippen LogP contribution in [0, 0.1) is 6.92 Å². The lowest BCUT2D eigenvalue weighted by molar-refractivity contribution is 0.0566. The average molecular weight is 311 g/mol. The monoisotopic (exact) mass is 310 g/mol. The Kier molecular flexibility index (Phi) is 3.22. The molecule has 2 aromatic heterocycles. The van der Waals surface area contributed by atoms with Gasteiger partial charge in [-0.15, -0.1) is 0 Å². The number of halogens is 1. The zero-order valence-corrected chi connectivity index (χ0v) is 11.8. The van der Waals surface area contributed by atoms with Gasteiger partial charge in [0.1, 0.15) is 12.1 Å². The molecule has 3 heterocycles. The number of hydrogen-bond donors (Lipinski definition) is 0. The predicted molar refractivity (Wildman–Crippen MR) is 73.5 cm³/mol. The molecule has 0 amide bonds. The van der Waals surface area contributed by atoms with Gasteiger partial charge in [0.2, 0.25) is 0 Å². The number of nitrogens with zero attached hydrogens (tertiary/aromatic N) is 4. The molecule has 18 heavy (non-hydrogen) atoms. The molecule has 0 N–H and O–H groups in total. The maximum Gasteiger partial charge on any atom is 0.157 e. The van der Waals surface area contributed by atoms with Gasteiger partial charge >= 0.3 is 0 Å². The maximum absolute atomic E-state index is 5.67. The minimum Gasteiger partial charge on any atom is -0.374 e. The summed E-state index contributed by atoms with van der Waals surface area (Å²) in [5.74, 6) is 1.09. The molecular weight excluding hydrogens is 296 g/mol. The third kappa shape index (κ3) is 2.10. The van der Waals surface area contributed by atoms with Crippen LogP contribution in [0.5, 0.6) is 0 Å². The Morgan fingerprint density at radius 2 is 2.39 bits per heavy atom. The second-order valence-corrected chi connectivity index (χ2v) is 5.16. The number of pyridine rings is 1. The molecule has 5 nitrogen and oxygen atoms in total. The number of hydrogen-bond acceptors (Lipinski definition) is 4. The minimum absolute atomic E-state index is 0.234. The first kappa shape index (κ1) is 11.9. The van der Waals surface area contributed by atoms with Gasteiger partial charge in [-0.05, 0) is 24.6 Å². The standard InChI is InChI=1S/C12H15BrN4O/c1-9-4-11-14-8-15-17(11)12(5-9)16-2-3-18-10(6-13)7-16/h4-5,8,10H,2-3,6-7H2,1H3. The van der Waals surface area contributed by atoms with Crippen LogP contribution in [0.4, 0.5) is 5.82 Å². The molecule has 3 rings (SSSR count). The maximum atomic E-state index is 5.67. The summed E-state index contributed by atoms with van der Waals surface area (Å²) in [5, 5.41) is 5.15. The van der Waals surface area contributed by atoms with Gasteiger partial charge in [-0.2, -0.15) is 9.61 Å². The topological polar surface area (TPSA) is 42.7 Å².